The summed E-state index contributed by atoms with van der Waals surface area (Å²) in [6.07, 6.45) is -16.1. The zero-order valence-electron chi connectivity index (χ0n) is 9.13. The van der Waals surface area contributed by atoms with Crippen molar-refractivity contribution in [1.29, 1.82) is 0 Å². The van der Waals surface area contributed by atoms with Crippen LogP contribution in [-0.2, 0) is 9.47 Å². The largest absolute Gasteiger partial charge is 0.471 e. The van der Waals surface area contributed by atoms with E-state index >= 15 is 0 Å². The number of halogens is 9. The molecule has 114 valence electrons. The SMILES string of the molecule is CCCOC(F)(C(F)(F)F)C(F)(F)OC(F)=C(F)F. The monoisotopic (exact) mass is 306 g/mol. The van der Waals surface area contributed by atoms with Crippen molar-refractivity contribution in [3.05, 3.63) is 12.1 Å². The van der Waals surface area contributed by atoms with Crippen LogP contribution in [0.3, 0.4) is 0 Å². The topological polar surface area (TPSA) is 18.5 Å². The Balaban J connectivity index is 5.42. The van der Waals surface area contributed by atoms with Gasteiger partial charge in [-0.1, -0.05) is 6.92 Å². The Morgan fingerprint density at radius 3 is 1.74 bits per heavy atom. The summed E-state index contributed by atoms with van der Waals surface area (Å²) in [6, 6.07) is -3.34. The van der Waals surface area contributed by atoms with E-state index in [1.165, 1.54) is 0 Å². The van der Waals surface area contributed by atoms with Crippen LogP contribution in [0.1, 0.15) is 13.3 Å². The highest BCUT2D eigenvalue weighted by Crippen LogP contribution is 2.48. The molecular formula is C8H7F9O2. The second kappa shape index (κ2) is 5.88. The van der Waals surface area contributed by atoms with Crippen LogP contribution < -0.4 is 0 Å². The first-order valence-corrected chi connectivity index (χ1v) is 4.56. The van der Waals surface area contributed by atoms with Crippen molar-refractivity contribution in [2.45, 2.75) is 31.5 Å². The molecule has 0 aromatic rings. The molecule has 0 spiro atoms. The van der Waals surface area contributed by atoms with E-state index in [-0.39, 0.29) is 6.42 Å². The first-order chi connectivity index (χ1) is 8.39. The first-order valence-electron chi connectivity index (χ1n) is 4.56. The molecule has 0 aromatic heterocycles. The van der Waals surface area contributed by atoms with E-state index in [9.17, 15) is 39.5 Å². The molecule has 11 heteroatoms. The van der Waals surface area contributed by atoms with E-state index in [4.69, 9.17) is 0 Å². The normalized spacial score (nSPS) is 15.9. The molecule has 0 aliphatic carbocycles. The number of hydrogen-bond donors (Lipinski definition) is 0. The van der Waals surface area contributed by atoms with Crippen LogP contribution >= 0.6 is 0 Å². The van der Waals surface area contributed by atoms with Crippen LogP contribution in [-0.4, -0.2) is 24.7 Å². The lowest BCUT2D eigenvalue weighted by atomic mass is 10.2. The summed E-state index contributed by atoms with van der Waals surface area (Å²) in [7, 11) is 0. The highest BCUT2D eigenvalue weighted by atomic mass is 19.4. The van der Waals surface area contributed by atoms with E-state index in [0.29, 0.717) is 0 Å². The second-order valence-electron chi connectivity index (χ2n) is 3.09. The zero-order chi connectivity index (χ0) is 15.5. The third-order valence-corrected chi connectivity index (χ3v) is 1.61. The van der Waals surface area contributed by atoms with E-state index in [1.807, 2.05) is 0 Å². The zero-order valence-corrected chi connectivity index (χ0v) is 9.13. The third kappa shape index (κ3) is 3.91. The van der Waals surface area contributed by atoms with Crippen LogP contribution in [0.25, 0.3) is 0 Å². The molecule has 0 N–H and O–H groups in total. The van der Waals surface area contributed by atoms with E-state index in [0.717, 1.165) is 6.92 Å². The molecular weight excluding hydrogens is 299 g/mol. The molecule has 19 heavy (non-hydrogen) atoms. The van der Waals surface area contributed by atoms with E-state index < -0.39 is 36.8 Å². The summed E-state index contributed by atoms with van der Waals surface area (Å²) in [4.78, 5) is 0. The highest BCUT2D eigenvalue weighted by Gasteiger charge is 2.76. The Kier molecular flexibility index (Phi) is 5.53. The van der Waals surface area contributed by atoms with Crippen LogP contribution in [0, 0.1) is 0 Å². The van der Waals surface area contributed by atoms with E-state index in [1.54, 1.807) is 0 Å². The fourth-order valence-electron chi connectivity index (χ4n) is 0.790. The van der Waals surface area contributed by atoms with Gasteiger partial charge in [0.25, 0.3) is 0 Å². The van der Waals surface area contributed by atoms with Gasteiger partial charge in [-0.2, -0.15) is 39.5 Å². The number of hydrogen-bond acceptors (Lipinski definition) is 2. The van der Waals surface area contributed by atoms with Crippen molar-refractivity contribution in [3.8, 4) is 0 Å². The summed E-state index contributed by atoms with van der Waals surface area (Å²) in [5.41, 5.74) is 0. The molecule has 1 atom stereocenters. The summed E-state index contributed by atoms with van der Waals surface area (Å²) in [5.74, 6) is -5.76. The van der Waals surface area contributed by atoms with E-state index in [2.05, 4.69) is 9.47 Å². The Hall–Kier alpha value is -1.13. The Morgan fingerprint density at radius 1 is 0.947 bits per heavy atom. The lowest BCUT2D eigenvalue weighted by Crippen LogP contribution is -2.58. The van der Waals surface area contributed by atoms with Gasteiger partial charge >= 0.3 is 30.2 Å². The lowest BCUT2D eigenvalue weighted by Gasteiger charge is -2.32. The van der Waals surface area contributed by atoms with Gasteiger partial charge in [0.2, 0.25) is 0 Å². The van der Waals surface area contributed by atoms with Gasteiger partial charge in [-0.15, -0.1) is 0 Å². The molecule has 0 radical (unpaired) electrons. The van der Waals surface area contributed by atoms with Gasteiger partial charge in [0.1, 0.15) is 0 Å². The summed E-state index contributed by atoms with van der Waals surface area (Å²) in [6.45, 7) is 0.0376. The van der Waals surface area contributed by atoms with Gasteiger partial charge in [-0.25, -0.2) is 0 Å². The van der Waals surface area contributed by atoms with Gasteiger partial charge in [-0.3, -0.25) is 0 Å². The predicted molar refractivity (Wildman–Crippen MR) is 42.5 cm³/mol. The molecule has 1 unspecified atom stereocenters. The van der Waals surface area contributed by atoms with Crippen LogP contribution in [0.2, 0.25) is 0 Å². The lowest BCUT2D eigenvalue weighted by molar-refractivity contribution is -0.454. The maximum absolute atomic E-state index is 13.2. The molecule has 2 nitrogen and oxygen atoms in total. The van der Waals surface area contributed by atoms with Gasteiger partial charge < -0.3 is 9.47 Å². The van der Waals surface area contributed by atoms with Crippen molar-refractivity contribution < 1.29 is 49.0 Å². The van der Waals surface area contributed by atoms with Crippen LogP contribution in [0.5, 0.6) is 0 Å². The standard InChI is InChI=1S/C8H7F9O2/c1-2-3-18-6(12,7(13,14)15)8(16,17)19-5(11)4(9)10/h2-3H2,1H3. The second-order valence-corrected chi connectivity index (χ2v) is 3.09. The Bertz CT molecular complexity index is 334. The molecule has 0 aliphatic rings. The molecule has 0 aliphatic heterocycles. The highest BCUT2D eigenvalue weighted by molar-refractivity contribution is 4.91. The minimum atomic E-state index is -6.33. The molecule has 0 fully saturated rings. The number of rotatable bonds is 6. The maximum atomic E-state index is 13.2. The predicted octanol–water partition coefficient (Wildman–Crippen LogP) is 4.29. The average Bonchev–Trinajstić information content (AvgIpc) is 2.23. The Morgan fingerprint density at radius 2 is 1.42 bits per heavy atom. The minimum Gasteiger partial charge on any atom is -0.398 e. The first kappa shape index (κ1) is 17.9. The van der Waals surface area contributed by atoms with Crippen molar-refractivity contribution >= 4 is 0 Å². The van der Waals surface area contributed by atoms with Crippen LogP contribution in [0.4, 0.5) is 39.5 Å². The third-order valence-electron chi connectivity index (χ3n) is 1.61. The molecule has 0 saturated carbocycles. The number of ether oxygens (including phenoxy) is 2. The minimum absolute atomic E-state index is 0.298. The maximum Gasteiger partial charge on any atom is 0.471 e. The average molecular weight is 306 g/mol. The number of alkyl halides is 6. The van der Waals surface area contributed by atoms with Crippen molar-refractivity contribution in [1.82, 2.24) is 0 Å². The van der Waals surface area contributed by atoms with Crippen LogP contribution in [0.15, 0.2) is 12.1 Å². The molecule has 0 saturated heterocycles. The summed E-state index contributed by atoms with van der Waals surface area (Å²) >= 11 is 0. The molecule has 0 rings (SSSR count). The quantitative estimate of drug-likeness (QED) is 0.538. The molecule has 0 aromatic carbocycles. The summed E-state index contributed by atoms with van der Waals surface area (Å²) < 4.78 is 116. The van der Waals surface area contributed by atoms with Crippen molar-refractivity contribution in [2.24, 2.45) is 0 Å². The fourth-order valence-corrected chi connectivity index (χ4v) is 0.790. The molecule has 0 amide bonds. The molecule has 0 bridgehead atoms. The smallest absolute Gasteiger partial charge is 0.398 e. The van der Waals surface area contributed by atoms with Gasteiger partial charge in [0, 0.05) is 0 Å². The van der Waals surface area contributed by atoms with Gasteiger partial charge in [-0.05, 0) is 6.42 Å². The summed E-state index contributed by atoms with van der Waals surface area (Å²) in [5, 5.41) is 0. The fraction of sp³-hybridized carbons (Fsp3) is 0.750. The Labute approximate surface area is 100 Å². The van der Waals surface area contributed by atoms with Gasteiger partial charge in [0.05, 0.1) is 6.61 Å². The molecule has 0 heterocycles. The van der Waals surface area contributed by atoms with Crippen molar-refractivity contribution in [3.63, 3.8) is 0 Å². The van der Waals surface area contributed by atoms with Crippen molar-refractivity contribution in [2.75, 3.05) is 6.61 Å². The van der Waals surface area contributed by atoms with Gasteiger partial charge in [0.15, 0.2) is 0 Å².